The summed E-state index contributed by atoms with van der Waals surface area (Å²) >= 11 is 0. The number of amides is 4. The smallest absolute Gasteiger partial charge is 0.326 e. The van der Waals surface area contributed by atoms with Crippen LogP contribution in [0.4, 0.5) is 0 Å². The fourth-order valence-electron chi connectivity index (χ4n) is 1.89. The third-order valence-corrected chi connectivity index (χ3v) is 3.40. The van der Waals surface area contributed by atoms with E-state index in [9.17, 15) is 24.0 Å². The van der Waals surface area contributed by atoms with Crippen LogP contribution in [-0.4, -0.2) is 59.4 Å². The van der Waals surface area contributed by atoms with Crippen LogP contribution in [0.1, 0.15) is 33.6 Å². The number of hydrogen-bond acceptors (Lipinski definition) is 6. The van der Waals surface area contributed by atoms with Crippen LogP contribution in [0.3, 0.4) is 0 Å². The highest BCUT2D eigenvalue weighted by atomic mass is 16.4. The van der Waals surface area contributed by atoms with E-state index in [1.807, 2.05) is 0 Å². The first-order valence-electron chi connectivity index (χ1n) is 8.09. The number of hydrogen-bond donors (Lipinski definition) is 6. The lowest BCUT2D eigenvalue weighted by Gasteiger charge is -2.20. The molecule has 0 spiro atoms. The summed E-state index contributed by atoms with van der Waals surface area (Å²) in [6.07, 6.45) is -0.219. The zero-order chi connectivity index (χ0) is 20.4. The van der Waals surface area contributed by atoms with Crippen molar-refractivity contribution in [1.82, 2.24) is 16.0 Å². The summed E-state index contributed by atoms with van der Waals surface area (Å²) < 4.78 is 0. The third kappa shape index (κ3) is 8.97. The lowest BCUT2D eigenvalue weighted by atomic mass is 10.0. The molecule has 0 aliphatic carbocycles. The Balaban J connectivity index is 4.76. The number of nitrogens with one attached hydrogen (secondary N) is 3. The van der Waals surface area contributed by atoms with Crippen molar-refractivity contribution in [3.8, 4) is 0 Å². The largest absolute Gasteiger partial charge is 0.480 e. The van der Waals surface area contributed by atoms with Gasteiger partial charge in [0.15, 0.2) is 0 Å². The van der Waals surface area contributed by atoms with Crippen molar-refractivity contribution >= 4 is 29.6 Å². The van der Waals surface area contributed by atoms with E-state index in [0.717, 1.165) is 0 Å². The number of aliphatic carboxylic acids is 1. The predicted molar refractivity (Wildman–Crippen MR) is 91.4 cm³/mol. The summed E-state index contributed by atoms with van der Waals surface area (Å²) in [5.41, 5.74) is 10.5. The Kier molecular flexibility index (Phi) is 9.89. The molecule has 4 amide bonds. The van der Waals surface area contributed by atoms with E-state index >= 15 is 0 Å². The van der Waals surface area contributed by atoms with Gasteiger partial charge < -0.3 is 32.5 Å². The minimum Gasteiger partial charge on any atom is -0.480 e. The van der Waals surface area contributed by atoms with Crippen molar-refractivity contribution in [3.63, 3.8) is 0 Å². The average Bonchev–Trinajstić information content (AvgIpc) is 2.52. The Morgan fingerprint density at radius 1 is 1.00 bits per heavy atom. The Morgan fingerprint density at radius 3 is 2.00 bits per heavy atom. The van der Waals surface area contributed by atoms with Gasteiger partial charge in [0.1, 0.15) is 12.1 Å². The molecule has 26 heavy (non-hydrogen) atoms. The van der Waals surface area contributed by atoms with Crippen molar-refractivity contribution in [2.45, 2.75) is 51.7 Å². The van der Waals surface area contributed by atoms with Crippen LogP contribution >= 0.6 is 0 Å². The maximum absolute atomic E-state index is 12.2. The Labute approximate surface area is 151 Å². The molecule has 0 aliphatic heterocycles. The maximum Gasteiger partial charge on any atom is 0.326 e. The van der Waals surface area contributed by atoms with Crippen LogP contribution in [0.25, 0.3) is 0 Å². The molecule has 3 atom stereocenters. The minimum absolute atomic E-state index is 0.0645. The molecule has 0 bridgehead atoms. The standard InChI is InChI=1S/C15H27N5O6/c1-7(2)12(15(25)26)20-11(22)6-18-14(24)9(4-5-10(17)21)19-13(23)8(3)16/h7-9,12H,4-6,16H2,1-3H3,(H2,17,21)(H,18,24)(H,19,23)(H,20,22)(H,25,26). The molecule has 0 saturated carbocycles. The number of carbonyl (C=O) groups excluding carboxylic acids is 4. The number of rotatable bonds is 11. The second-order valence-corrected chi connectivity index (χ2v) is 6.20. The molecule has 3 unspecified atom stereocenters. The lowest BCUT2D eigenvalue weighted by Crippen LogP contribution is -2.53. The molecule has 0 aromatic carbocycles. The summed E-state index contributed by atoms with van der Waals surface area (Å²) in [4.78, 5) is 57.6. The van der Waals surface area contributed by atoms with Gasteiger partial charge in [0.05, 0.1) is 12.6 Å². The van der Waals surface area contributed by atoms with E-state index in [1.54, 1.807) is 13.8 Å². The van der Waals surface area contributed by atoms with Crippen molar-refractivity contribution in [2.24, 2.45) is 17.4 Å². The number of primary amides is 1. The second-order valence-electron chi connectivity index (χ2n) is 6.20. The van der Waals surface area contributed by atoms with Crippen LogP contribution in [0.2, 0.25) is 0 Å². The van der Waals surface area contributed by atoms with Crippen LogP contribution in [-0.2, 0) is 24.0 Å². The summed E-state index contributed by atoms with van der Waals surface area (Å²) in [6.45, 7) is 4.18. The van der Waals surface area contributed by atoms with Crippen LogP contribution in [0.15, 0.2) is 0 Å². The molecule has 0 aromatic heterocycles. The van der Waals surface area contributed by atoms with Gasteiger partial charge in [-0.2, -0.15) is 0 Å². The molecule has 0 rings (SSSR count). The molecule has 148 valence electrons. The molecular weight excluding hydrogens is 346 g/mol. The van der Waals surface area contributed by atoms with Crippen molar-refractivity contribution in [3.05, 3.63) is 0 Å². The Bertz CT molecular complexity index is 549. The summed E-state index contributed by atoms with van der Waals surface area (Å²) in [5, 5.41) is 16.0. The molecule has 0 fully saturated rings. The van der Waals surface area contributed by atoms with Crippen molar-refractivity contribution in [2.75, 3.05) is 6.54 Å². The number of carboxylic acid groups (broad SMARTS) is 1. The zero-order valence-corrected chi connectivity index (χ0v) is 15.1. The molecule has 0 saturated heterocycles. The Morgan fingerprint density at radius 2 is 1.58 bits per heavy atom. The first kappa shape index (κ1) is 23.3. The first-order valence-corrected chi connectivity index (χ1v) is 8.09. The van der Waals surface area contributed by atoms with E-state index in [0.29, 0.717) is 0 Å². The van der Waals surface area contributed by atoms with Crippen LogP contribution < -0.4 is 27.4 Å². The molecule has 0 heterocycles. The average molecular weight is 373 g/mol. The van der Waals surface area contributed by atoms with Crippen LogP contribution in [0.5, 0.6) is 0 Å². The summed E-state index contributed by atoms with van der Waals surface area (Å²) in [5.74, 6) is -4.22. The molecule has 0 aromatic rings. The normalized spacial score (nSPS) is 14.0. The Hall–Kier alpha value is -2.69. The van der Waals surface area contributed by atoms with Gasteiger partial charge >= 0.3 is 5.97 Å². The van der Waals surface area contributed by atoms with E-state index < -0.39 is 54.3 Å². The lowest BCUT2D eigenvalue weighted by molar-refractivity contribution is -0.143. The molecule has 8 N–H and O–H groups in total. The topological polar surface area (TPSA) is 194 Å². The van der Waals surface area contributed by atoms with E-state index in [4.69, 9.17) is 16.6 Å². The quantitative estimate of drug-likeness (QED) is 0.229. The van der Waals surface area contributed by atoms with E-state index in [2.05, 4.69) is 16.0 Å². The van der Waals surface area contributed by atoms with E-state index in [-0.39, 0.29) is 18.8 Å². The van der Waals surface area contributed by atoms with Gasteiger partial charge in [-0.15, -0.1) is 0 Å². The number of nitrogens with two attached hydrogens (primary N) is 2. The predicted octanol–water partition coefficient (Wildman–Crippen LogP) is -2.57. The maximum atomic E-state index is 12.2. The van der Waals surface area contributed by atoms with Gasteiger partial charge in [0.25, 0.3) is 0 Å². The monoisotopic (exact) mass is 373 g/mol. The molecule has 11 nitrogen and oxygen atoms in total. The summed E-state index contributed by atoms with van der Waals surface area (Å²) in [7, 11) is 0. The fourth-order valence-corrected chi connectivity index (χ4v) is 1.89. The van der Waals surface area contributed by atoms with E-state index in [1.165, 1.54) is 6.92 Å². The number of carboxylic acids is 1. The third-order valence-electron chi connectivity index (χ3n) is 3.40. The highest BCUT2D eigenvalue weighted by Gasteiger charge is 2.25. The zero-order valence-electron chi connectivity index (χ0n) is 15.1. The fraction of sp³-hybridized carbons (Fsp3) is 0.667. The van der Waals surface area contributed by atoms with Gasteiger partial charge in [0.2, 0.25) is 23.6 Å². The van der Waals surface area contributed by atoms with Gasteiger partial charge in [0, 0.05) is 6.42 Å². The molecule has 11 heteroatoms. The highest BCUT2D eigenvalue weighted by Crippen LogP contribution is 2.01. The molecular formula is C15H27N5O6. The van der Waals surface area contributed by atoms with Crippen LogP contribution in [0, 0.1) is 5.92 Å². The molecule has 0 radical (unpaired) electrons. The van der Waals surface area contributed by atoms with Crippen molar-refractivity contribution in [1.29, 1.82) is 0 Å². The van der Waals surface area contributed by atoms with Gasteiger partial charge in [-0.1, -0.05) is 13.8 Å². The number of carbonyl (C=O) groups is 5. The summed E-state index contributed by atoms with van der Waals surface area (Å²) in [6, 6.07) is -3.07. The first-order chi connectivity index (χ1) is 12.0. The minimum atomic E-state index is -1.19. The SMILES string of the molecule is CC(N)C(=O)NC(CCC(N)=O)C(=O)NCC(=O)NC(C(=O)O)C(C)C. The molecule has 0 aliphatic rings. The van der Waals surface area contributed by atoms with Crippen molar-refractivity contribution < 1.29 is 29.1 Å². The van der Waals surface area contributed by atoms with Gasteiger partial charge in [-0.3, -0.25) is 19.2 Å². The van der Waals surface area contributed by atoms with Gasteiger partial charge in [-0.05, 0) is 19.3 Å². The van der Waals surface area contributed by atoms with Gasteiger partial charge in [-0.25, -0.2) is 4.79 Å². The highest BCUT2D eigenvalue weighted by molar-refractivity contribution is 5.92. The second kappa shape index (κ2) is 11.0.